The van der Waals surface area contributed by atoms with Crippen LogP contribution in [0, 0.1) is 5.95 Å². The average molecular weight is 493 g/mol. The monoisotopic (exact) mass is 492 g/mol. The lowest BCUT2D eigenvalue weighted by Gasteiger charge is -2.17. The van der Waals surface area contributed by atoms with Gasteiger partial charge in [-0.2, -0.15) is 9.49 Å². The molecule has 0 saturated heterocycles. The minimum Gasteiger partial charge on any atom is -0.344 e. The SMILES string of the molecule is O=C(Cn1cc(-c2ccc(F)nc2)cn1)N[C@H](Cc1ccccc1)C(=O)C(=O)NCc1nccs1. The Balaban J connectivity index is 1.42. The lowest BCUT2D eigenvalue weighted by atomic mass is 10.0. The molecule has 0 aliphatic rings. The van der Waals surface area contributed by atoms with Crippen LogP contribution in [-0.2, 0) is 33.9 Å². The van der Waals surface area contributed by atoms with Crippen LogP contribution in [0.15, 0.2) is 72.6 Å². The van der Waals surface area contributed by atoms with E-state index in [2.05, 4.69) is 25.7 Å². The van der Waals surface area contributed by atoms with Gasteiger partial charge in [0.15, 0.2) is 0 Å². The molecule has 0 radical (unpaired) electrons. The predicted molar refractivity (Wildman–Crippen MR) is 126 cm³/mol. The fourth-order valence-electron chi connectivity index (χ4n) is 3.33. The molecule has 0 spiro atoms. The van der Waals surface area contributed by atoms with Crippen molar-refractivity contribution in [2.45, 2.75) is 25.6 Å². The van der Waals surface area contributed by atoms with Crippen molar-refractivity contribution in [3.63, 3.8) is 0 Å². The summed E-state index contributed by atoms with van der Waals surface area (Å²) in [5.74, 6) is -2.63. The number of nitrogens with one attached hydrogen (secondary N) is 2. The van der Waals surface area contributed by atoms with Gasteiger partial charge >= 0.3 is 0 Å². The van der Waals surface area contributed by atoms with Crippen molar-refractivity contribution >= 4 is 28.9 Å². The van der Waals surface area contributed by atoms with Gasteiger partial charge in [0, 0.05) is 41.5 Å². The average Bonchev–Trinajstić information content (AvgIpc) is 3.55. The topological polar surface area (TPSA) is 119 Å². The number of carbonyl (C=O) groups is 3. The number of hydrogen-bond acceptors (Lipinski definition) is 7. The maximum absolute atomic E-state index is 13.1. The fraction of sp³-hybridized carbons (Fsp3) is 0.167. The number of benzene rings is 1. The Kier molecular flexibility index (Phi) is 7.68. The molecule has 2 amide bonds. The summed E-state index contributed by atoms with van der Waals surface area (Å²) in [4.78, 5) is 45.9. The van der Waals surface area contributed by atoms with Crippen LogP contribution in [0.4, 0.5) is 4.39 Å². The van der Waals surface area contributed by atoms with Gasteiger partial charge in [0.2, 0.25) is 17.6 Å². The summed E-state index contributed by atoms with van der Waals surface area (Å²) in [6.45, 7) is -0.0452. The van der Waals surface area contributed by atoms with Crippen LogP contribution in [0.1, 0.15) is 10.6 Å². The third-order valence-electron chi connectivity index (χ3n) is 5.04. The number of aromatic nitrogens is 4. The summed E-state index contributed by atoms with van der Waals surface area (Å²) in [5.41, 5.74) is 2.10. The van der Waals surface area contributed by atoms with E-state index >= 15 is 0 Å². The van der Waals surface area contributed by atoms with Gasteiger partial charge < -0.3 is 10.6 Å². The summed E-state index contributed by atoms with van der Waals surface area (Å²) < 4.78 is 14.4. The third kappa shape index (κ3) is 6.64. The number of hydrogen-bond donors (Lipinski definition) is 2. The molecule has 0 bridgehead atoms. The number of carbonyl (C=O) groups excluding carboxylic acids is 3. The van der Waals surface area contributed by atoms with Gasteiger partial charge in [-0.05, 0) is 17.7 Å². The first-order chi connectivity index (χ1) is 17.0. The van der Waals surface area contributed by atoms with E-state index in [0.29, 0.717) is 16.1 Å². The number of thiazole rings is 1. The number of amides is 2. The van der Waals surface area contributed by atoms with Crippen molar-refractivity contribution in [1.82, 2.24) is 30.4 Å². The van der Waals surface area contributed by atoms with Gasteiger partial charge in [0.25, 0.3) is 5.91 Å². The Hall–Kier alpha value is -4.25. The Bertz CT molecular complexity index is 1290. The first-order valence-corrected chi connectivity index (χ1v) is 11.5. The molecule has 1 aromatic carbocycles. The molecule has 35 heavy (non-hydrogen) atoms. The highest BCUT2D eigenvalue weighted by atomic mass is 32.1. The van der Waals surface area contributed by atoms with Crippen LogP contribution in [0.2, 0.25) is 0 Å². The number of rotatable bonds is 10. The second-order valence-corrected chi connectivity index (χ2v) is 8.56. The van der Waals surface area contributed by atoms with E-state index < -0.39 is 29.6 Å². The van der Waals surface area contributed by atoms with Gasteiger partial charge in [-0.25, -0.2) is 9.97 Å². The zero-order chi connectivity index (χ0) is 24.6. The molecular weight excluding hydrogens is 471 g/mol. The highest BCUT2D eigenvalue weighted by molar-refractivity contribution is 7.09. The molecule has 0 saturated carbocycles. The van der Waals surface area contributed by atoms with Crippen molar-refractivity contribution < 1.29 is 18.8 Å². The first kappa shape index (κ1) is 23.9. The van der Waals surface area contributed by atoms with Gasteiger partial charge in [-0.3, -0.25) is 19.1 Å². The molecule has 3 heterocycles. The largest absolute Gasteiger partial charge is 0.344 e. The van der Waals surface area contributed by atoms with Crippen molar-refractivity contribution in [3.8, 4) is 11.1 Å². The first-order valence-electron chi connectivity index (χ1n) is 10.7. The zero-order valence-electron chi connectivity index (χ0n) is 18.4. The van der Waals surface area contributed by atoms with E-state index in [-0.39, 0.29) is 19.5 Å². The highest BCUT2D eigenvalue weighted by Gasteiger charge is 2.27. The van der Waals surface area contributed by atoms with Crippen LogP contribution in [-0.4, -0.2) is 43.4 Å². The molecule has 1 atom stereocenters. The van der Waals surface area contributed by atoms with Gasteiger partial charge in [0.05, 0.1) is 12.7 Å². The maximum Gasteiger partial charge on any atom is 0.289 e. The van der Waals surface area contributed by atoms with E-state index in [1.165, 1.54) is 34.5 Å². The molecule has 9 nitrogen and oxygen atoms in total. The van der Waals surface area contributed by atoms with Crippen LogP contribution < -0.4 is 10.6 Å². The summed E-state index contributed by atoms with van der Waals surface area (Å²) in [5, 5.41) is 11.8. The van der Waals surface area contributed by atoms with Crippen molar-refractivity contribution in [3.05, 3.63) is 89.2 Å². The summed E-state index contributed by atoms with van der Waals surface area (Å²) >= 11 is 1.36. The summed E-state index contributed by atoms with van der Waals surface area (Å²) in [6, 6.07) is 10.8. The fourth-order valence-corrected chi connectivity index (χ4v) is 3.89. The second-order valence-electron chi connectivity index (χ2n) is 7.58. The molecule has 0 fully saturated rings. The number of halogens is 1. The van der Waals surface area contributed by atoms with Crippen molar-refractivity contribution in [2.24, 2.45) is 0 Å². The number of ketones is 1. The van der Waals surface area contributed by atoms with E-state index in [1.54, 1.807) is 23.8 Å². The van der Waals surface area contributed by atoms with Gasteiger partial charge in [-0.1, -0.05) is 30.3 Å². The Morgan fingerprint density at radius 2 is 1.86 bits per heavy atom. The van der Waals surface area contributed by atoms with E-state index in [4.69, 9.17) is 0 Å². The molecule has 11 heteroatoms. The molecule has 4 rings (SSSR count). The zero-order valence-corrected chi connectivity index (χ0v) is 19.2. The normalized spacial score (nSPS) is 11.6. The molecule has 4 aromatic rings. The molecule has 0 unspecified atom stereocenters. The minimum absolute atomic E-state index is 0.128. The molecule has 0 aliphatic carbocycles. The predicted octanol–water partition coefficient (Wildman–Crippen LogP) is 2.15. The molecule has 178 valence electrons. The van der Waals surface area contributed by atoms with Crippen LogP contribution >= 0.6 is 11.3 Å². The van der Waals surface area contributed by atoms with Crippen molar-refractivity contribution in [2.75, 3.05) is 0 Å². The highest BCUT2D eigenvalue weighted by Crippen LogP contribution is 2.17. The van der Waals surface area contributed by atoms with Crippen LogP contribution in [0.25, 0.3) is 11.1 Å². The quantitative estimate of drug-likeness (QED) is 0.259. The molecule has 0 aliphatic heterocycles. The Morgan fingerprint density at radius 1 is 1.03 bits per heavy atom. The van der Waals surface area contributed by atoms with E-state index in [9.17, 15) is 18.8 Å². The van der Waals surface area contributed by atoms with E-state index in [0.717, 1.165) is 5.56 Å². The Labute approximate surface area is 204 Å². The molecular formula is C24H21FN6O3S. The number of pyridine rings is 1. The standard InChI is InChI=1S/C24H21FN6O3S/c25-20-7-6-17(11-27-20)18-12-29-31(14-18)15-21(32)30-19(10-16-4-2-1-3-5-16)23(33)24(34)28-13-22-26-8-9-35-22/h1-9,11-12,14,19H,10,13,15H2,(H,28,34)(H,30,32)/t19-/m1/s1. The Morgan fingerprint density at radius 3 is 2.57 bits per heavy atom. The van der Waals surface area contributed by atoms with E-state index in [1.807, 2.05) is 30.3 Å². The second kappa shape index (κ2) is 11.3. The maximum atomic E-state index is 13.1. The minimum atomic E-state index is -1.06. The van der Waals surface area contributed by atoms with Crippen LogP contribution in [0.5, 0.6) is 0 Å². The third-order valence-corrected chi connectivity index (χ3v) is 5.82. The number of nitrogens with zero attached hydrogens (tertiary/aromatic N) is 4. The van der Waals surface area contributed by atoms with Gasteiger partial charge in [-0.15, -0.1) is 11.3 Å². The van der Waals surface area contributed by atoms with Crippen LogP contribution in [0.3, 0.4) is 0 Å². The number of Topliss-reactive ketones (excluding diaryl/α,β-unsaturated/α-hetero) is 1. The smallest absolute Gasteiger partial charge is 0.289 e. The van der Waals surface area contributed by atoms with Crippen molar-refractivity contribution in [1.29, 1.82) is 0 Å². The summed E-state index contributed by atoms with van der Waals surface area (Å²) in [6.07, 6.45) is 6.28. The molecule has 3 aromatic heterocycles. The molecule has 2 N–H and O–H groups in total. The lowest BCUT2D eigenvalue weighted by Crippen LogP contribution is -2.49. The summed E-state index contributed by atoms with van der Waals surface area (Å²) in [7, 11) is 0. The van der Waals surface area contributed by atoms with Gasteiger partial charge in [0.1, 0.15) is 17.6 Å². The lowest BCUT2D eigenvalue weighted by molar-refractivity contribution is -0.140.